The molecule has 2 aromatic carbocycles. The summed E-state index contributed by atoms with van der Waals surface area (Å²) in [4.78, 5) is 4.64. The Bertz CT molecular complexity index is 677. The van der Waals surface area contributed by atoms with Crippen LogP contribution in [0.1, 0.15) is 5.01 Å². The molecule has 0 saturated heterocycles. The SMILES string of the molecule is Clc1ccc(NCc2nc(-c3ccccc3)cs2)cc1. The molecule has 0 aliphatic heterocycles. The second-order valence-electron chi connectivity index (χ2n) is 4.35. The highest BCUT2D eigenvalue weighted by molar-refractivity contribution is 7.09. The number of halogens is 1. The zero-order valence-electron chi connectivity index (χ0n) is 10.7. The summed E-state index contributed by atoms with van der Waals surface area (Å²) in [6.07, 6.45) is 0. The highest BCUT2D eigenvalue weighted by atomic mass is 35.5. The Morgan fingerprint density at radius 2 is 1.75 bits per heavy atom. The third-order valence-corrected chi connectivity index (χ3v) is 4.01. The molecule has 3 rings (SSSR count). The van der Waals surface area contributed by atoms with Crippen LogP contribution in [0.3, 0.4) is 0 Å². The Balaban J connectivity index is 1.67. The fraction of sp³-hybridized carbons (Fsp3) is 0.0625. The van der Waals surface area contributed by atoms with Gasteiger partial charge in [-0.15, -0.1) is 11.3 Å². The summed E-state index contributed by atoms with van der Waals surface area (Å²) in [5, 5.41) is 7.25. The van der Waals surface area contributed by atoms with Crippen LogP contribution in [-0.4, -0.2) is 4.98 Å². The fourth-order valence-electron chi connectivity index (χ4n) is 1.88. The normalized spacial score (nSPS) is 10.4. The lowest BCUT2D eigenvalue weighted by atomic mass is 10.2. The molecule has 1 heterocycles. The van der Waals surface area contributed by atoms with Crippen molar-refractivity contribution in [3.63, 3.8) is 0 Å². The molecular weight excluding hydrogens is 288 g/mol. The van der Waals surface area contributed by atoms with Crippen molar-refractivity contribution in [1.82, 2.24) is 4.98 Å². The molecule has 0 aliphatic rings. The van der Waals surface area contributed by atoms with E-state index in [1.54, 1.807) is 11.3 Å². The molecule has 0 bridgehead atoms. The van der Waals surface area contributed by atoms with E-state index in [9.17, 15) is 0 Å². The molecule has 100 valence electrons. The highest BCUT2D eigenvalue weighted by Crippen LogP contribution is 2.22. The summed E-state index contributed by atoms with van der Waals surface area (Å²) in [5.41, 5.74) is 3.23. The van der Waals surface area contributed by atoms with Gasteiger partial charge in [-0.1, -0.05) is 41.9 Å². The Labute approximate surface area is 127 Å². The maximum absolute atomic E-state index is 5.86. The van der Waals surface area contributed by atoms with Crippen LogP contribution in [0.5, 0.6) is 0 Å². The van der Waals surface area contributed by atoms with E-state index < -0.39 is 0 Å². The number of hydrogen-bond acceptors (Lipinski definition) is 3. The van der Waals surface area contributed by atoms with Gasteiger partial charge < -0.3 is 5.32 Å². The van der Waals surface area contributed by atoms with Crippen molar-refractivity contribution < 1.29 is 0 Å². The van der Waals surface area contributed by atoms with Crippen molar-refractivity contribution >= 4 is 28.6 Å². The minimum atomic E-state index is 0.721. The van der Waals surface area contributed by atoms with Gasteiger partial charge in [-0.2, -0.15) is 0 Å². The molecule has 0 fully saturated rings. The average molecular weight is 301 g/mol. The lowest BCUT2D eigenvalue weighted by molar-refractivity contribution is 1.11. The molecule has 0 amide bonds. The Hall–Kier alpha value is -1.84. The Kier molecular flexibility index (Phi) is 4.00. The number of thiazole rings is 1. The van der Waals surface area contributed by atoms with Gasteiger partial charge in [-0.25, -0.2) is 4.98 Å². The second-order valence-corrected chi connectivity index (χ2v) is 5.73. The van der Waals surface area contributed by atoms with Crippen LogP contribution in [0, 0.1) is 0 Å². The molecule has 3 aromatic rings. The standard InChI is InChI=1S/C16H13ClN2S/c17-13-6-8-14(9-7-13)18-10-16-19-15(11-20-16)12-4-2-1-3-5-12/h1-9,11,18H,10H2. The minimum Gasteiger partial charge on any atom is -0.379 e. The van der Waals surface area contributed by atoms with E-state index in [2.05, 4.69) is 27.8 Å². The molecule has 0 spiro atoms. The van der Waals surface area contributed by atoms with Crippen molar-refractivity contribution in [3.8, 4) is 11.3 Å². The summed E-state index contributed by atoms with van der Waals surface area (Å²) in [6, 6.07) is 17.9. The van der Waals surface area contributed by atoms with Gasteiger partial charge in [-0.05, 0) is 24.3 Å². The topological polar surface area (TPSA) is 24.9 Å². The Morgan fingerprint density at radius 1 is 1.00 bits per heavy atom. The van der Waals surface area contributed by atoms with Crippen molar-refractivity contribution in [3.05, 3.63) is 70.0 Å². The molecule has 0 radical (unpaired) electrons. The molecular formula is C16H13ClN2S. The third-order valence-electron chi connectivity index (χ3n) is 2.91. The Morgan fingerprint density at radius 3 is 2.50 bits per heavy atom. The summed E-state index contributed by atoms with van der Waals surface area (Å²) in [7, 11) is 0. The zero-order chi connectivity index (χ0) is 13.8. The van der Waals surface area contributed by atoms with Gasteiger partial charge in [0.1, 0.15) is 5.01 Å². The first-order valence-electron chi connectivity index (χ1n) is 6.30. The molecule has 1 N–H and O–H groups in total. The second kappa shape index (κ2) is 6.07. The third kappa shape index (κ3) is 3.18. The van der Waals surface area contributed by atoms with Gasteiger partial charge in [0.25, 0.3) is 0 Å². The molecule has 0 saturated carbocycles. The van der Waals surface area contributed by atoms with Gasteiger partial charge in [0, 0.05) is 21.7 Å². The maximum atomic E-state index is 5.86. The molecule has 20 heavy (non-hydrogen) atoms. The lowest BCUT2D eigenvalue weighted by Gasteiger charge is -2.03. The summed E-state index contributed by atoms with van der Waals surface area (Å²) < 4.78 is 0. The first-order chi connectivity index (χ1) is 9.81. The fourth-order valence-corrected chi connectivity index (χ4v) is 2.75. The minimum absolute atomic E-state index is 0.721. The first kappa shape index (κ1) is 13.2. The van der Waals surface area contributed by atoms with Gasteiger partial charge in [0.15, 0.2) is 0 Å². The summed E-state index contributed by atoms with van der Waals surface area (Å²) in [6.45, 7) is 0.721. The average Bonchev–Trinajstić information content (AvgIpc) is 2.97. The predicted octanol–water partition coefficient (Wildman–Crippen LogP) is 5.08. The summed E-state index contributed by atoms with van der Waals surface area (Å²) in [5.74, 6) is 0. The van der Waals surface area contributed by atoms with Crippen molar-refractivity contribution in [1.29, 1.82) is 0 Å². The van der Waals surface area contributed by atoms with E-state index in [1.807, 2.05) is 42.5 Å². The molecule has 0 aliphatic carbocycles. The first-order valence-corrected chi connectivity index (χ1v) is 7.56. The zero-order valence-corrected chi connectivity index (χ0v) is 12.3. The van der Waals surface area contributed by atoms with Gasteiger partial charge in [-0.3, -0.25) is 0 Å². The number of benzene rings is 2. The quantitative estimate of drug-likeness (QED) is 0.727. The largest absolute Gasteiger partial charge is 0.379 e. The summed E-state index contributed by atoms with van der Waals surface area (Å²) >= 11 is 7.53. The molecule has 0 unspecified atom stereocenters. The van der Waals surface area contributed by atoms with Gasteiger partial charge in [0.05, 0.1) is 12.2 Å². The van der Waals surface area contributed by atoms with Crippen LogP contribution in [-0.2, 0) is 6.54 Å². The smallest absolute Gasteiger partial charge is 0.112 e. The monoisotopic (exact) mass is 300 g/mol. The van der Waals surface area contributed by atoms with E-state index in [-0.39, 0.29) is 0 Å². The highest BCUT2D eigenvalue weighted by Gasteiger charge is 2.03. The van der Waals surface area contributed by atoms with Crippen LogP contribution < -0.4 is 5.32 Å². The number of anilines is 1. The van der Waals surface area contributed by atoms with E-state index in [0.29, 0.717) is 0 Å². The van der Waals surface area contributed by atoms with E-state index >= 15 is 0 Å². The molecule has 2 nitrogen and oxygen atoms in total. The number of hydrogen-bond donors (Lipinski definition) is 1. The molecule has 1 aromatic heterocycles. The number of nitrogens with zero attached hydrogens (tertiary/aromatic N) is 1. The molecule has 0 atom stereocenters. The van der Waals surface area contributed by atoms with Crippen LogP contribution in [0.15, 0.2) is 60.0 Å². The number of rotatable bonds is 4. The van der Waals surface area contributed by atoms with Gasteiger partial charge >= 0.3 is 0 Å². The van der Waals surface area contributed by atoms with Crippen LogP contribution in [0.2, 0.25) is 5.02 Å². The van der Waals surface area contributed by atoms with E-state index in [1.165, 1.54) is 0 Å². The number of aromatic nitrogens is 1. The van der Waals surface area contributed by atoms with E-state index in [4.69, 9.17) is 11.6 Å². The van der Waals surface area contributed by atoms with Crippen molar-refractivity contribution in [2.45, 2.75) is 6.54 Å². The predicted molar refractivity (Wildman–Crippen MR) is 86.3 cm³/mol. The van der Waals surface area contributed by atoms with Crippen LogP contribution >= 0.6 is 22.9 Å². The van der Waals surface area contributed by atoms with Crippen molar-refractivity contribution in [2.24, 2.45) is 0 Å². The van der Waals surface area contributed by atoms with Crippen LogP contribution in [0.4, 0.5) is 5.69 Å². The number of nitrogens with one attached hydrogen (secondary N) is 1. The van der Waals surface area contributed by atoms with Crippen LogP contribution in [0.25, 0.3) is 11.3 Å². The van der Waals surface area contributed by atoms with Gasteiger partial charge in [0.2, 0.25) is 0 Å². The van der Waals surface area contributed by atoms with Crippen molar-refractivity contribution in [2.75, 3.05) is 5.32 Å². The molecule has 4 heteroatoms. The maximum Gasteiger partial charge on any atom is 0.112 e. The van der Waals surface area contributed by atoms with E-state index in [0.717, 1.165) is 33.5 Å². The lowest BCUT2D eigenvalue weighted by Crippen LogP contribution is -1.98.